The van der Waals surface area contributed by atoms with Crippen molar-refractivity contribution >= 4 is 40.4 Å². The first-order chi connectivity index (χ1) is 6.99. The molecule has 0 N–H and O–H groups in total. The largest absolute Gasteiger partial charge is 0.300 e. The van der Waals surface area contributed by atoms with E-state index in [0.717, 1.165) is 5.71 Å². The van der Waals surface area contributed by atoms with E-state index in [1.165, 1.54) is 6.92 Å². The molecule has 2 nitrogen and oxygen atoms in total. The Bertz CT molecular complexity index is 413. The minimum absolute atomic E-state index is 0.0846. The van der Waals surface area contributed by atoms with Gasteiger partial charge in [-0.05, 0) is 32.0 Å². The summed E-state index contributed by atoms with van der Waals surface area (Å²) < 4.78 is 0. The molecule has 1 aromatic rings. The lowest BCUT2D eigenvalue weighted by atomic mass is 10.2. The average Bonchev–Trinajstić information content (AvgIpc) is 2.08. The number of hydrogen-bond donors (Lipinski definition) is 0. The molecule has 0 aromatic heterocycles. The van der Waals surface area contributed by atoms with Gasteiger partial charge in [-0.25, -0.2) is 0 Å². The Balaban J connectivity index is 2.92. The number of carbonyl (C=O) groups is 1. The molecule has 15 heavy (non-hydrogen) atoms. The van der Waals surface area contributed by atoms with Crippen LogP contribution in [0.5, 0.6) is 0 Å². The van der Waals surface area contributed by atoms with Crippen LogP contribution in [0.2, 0.25) is 10.0 Å². The molecule has 4 heteroatoms. The second kappa shape index (κ2) is 5.29. The molecule has 0 heterocycles. The topological polar surface area (TPSA) is 29.4 Å². The zero-order chi connectivity index (χ0) is 11.4. The molecule has 0 amide bonds. The Morgan fingerprint density at radius 2 is 2.00 bits per heavy atom. The third-order valence-corrected chi connectivity index (χ3v) is 2.26. The van der Waals surface area contributed by atoms with E-state index in [9.17, 15) is 4.79 Å². The van der Waals surface area contributed by atoms with Crippen LogP contribution in [0, 0.1) is 0 Å². The Morgan fingerprint density at radius 1 is 1.33 bits per heavy atom. The van der Waals surface area contributed by atoms with Gasteiger partial charge in [-0.1, -0.05) is 23.2 Å². The summed E-state index contributed by atoms with van der Waals surface area (Å²) >= 11 is 11.7. The highest BCUT2D eigenvalue weighted by Crippen LogP contribution is 2.28. The number of carbonyl (C=O) groups excluding carboxylic acids is 1. The molecule has 0 saturated carbocycles. The van der Waals surface area contributed by atoms with Crippen molar-refractivity contribution in [2.45, 2.75) is 20.3 Å². The van der Waals surface area contributed by atoms with Crippen LogP contribution < -0.4 is 0 Å². The predicted octanol–water partition coefficient (Wildman–Crippen LogP) is 4.06. The first-order valence-corrected chi connectivity index (χ1v) is 5.23. The number of benzene rings is 1. The normalized spacial score (nSPS) is 11.6. The molecule has 0 spiro atoms. The lowest BCUT2D eigenvalue weighted by molar-refractivity contribution is -0.115. The fourth-order valence-electron chi connectivity index (χ4n) is 1.18. The van der Waals surface area contributed by atoms with E-state index in [0.29, 0.717) is 22.2 Å². The van der Waals surface area contributed by atoms with Crippen LogP contribution in [-0.4, -0.2) is 11.5 Å². The highest BCUT2D eigenvalue weighted by molar-refractivity contribution is 6.36. The van der Waals surface area contributed by atoms with Gasteiger partial charge in [0.15, 0.2) is 0 Å². The van der Waals surface area contributed by atoms with E-state index < -0.39 is 0 Å². The minimum Gasteiger partial charge on any atom is -0.300 e. The van der Waals surface area contributed by atoms with Gasteiger partial charge in [0.2, 0.25) is 0 Å². The van der Waals surface area contributed by atoms with Gasteiger partial charge in [0.05, 0.1) is 10.7 Å². The summed E-state index contributed by atoms with van der Waals surface area (Å²) in [5.74, 6) is 0.0846. The molecule has 0 bridgehead atoms. The molecule has 0 aliphatic rings. The zero-order valence-electron chi connectivity index (χ0n) is 8.55. The van der Waals surface area contributed by atoms with Crippen LogP contribution in [0.25, 0.3) is 0 Å². The Kier molecular flexibility index (Phi) is 4.30. The molecule has 0 aliphatic carbocycles. The first kappa shape index (κ1) is 12.2. The third-order valence-electron chi connectivity index (χ3n) is 1.73. The highest BCUT2D eigenvalue weighted by atomic mass is 35.5. The lowest BCUT2D eigenvalue weighted by Crippen LogP contribution is -1.99. The highest BCUT2D eigenvalue weighted by Gasteiger charge is 2.02. The maximum absolute atomic E-state index is 10.8. The summed E-state index contributed by atoms with van der Waals surface area (Å²) in [7, 11) is 0. The molecular formula is C11H11Cl2NO. The van der Waals surface area contributed by atoms with Crippen molar-refractivity contribution in [2.75, 3.05) is 0 Å². The summed E-state index contributed by atoms with van der Waals surface area (Å²) in [6.45, 7) is 3.33. The fourth-order valence-corrected chi connectivity index (χ4v) is 1.63. The van der Waals surface area contributed by atoms with E-state index in [1.54, 1.807) is 25.1 Å². The van der Waals surface area contributed by atoms with Gasteiger partial charge in [-0.2, -0.15) is 0 Å². The van der Waals surface area contributed by atoms with Crippen molar-refractivity contribution in [1.82, 2.24) is 0 Å². The molecular weight excluding hydrogens is 233 g/mol. The second-order valence-electron chi connectivity index (χ2n) is 3.32. The van der Waals surface area contributed by atoms with Crippen LogP contribution in [-0.2, 0) is 4.79 Å². The second-order valence-corrected chi connectivity index (χ2v) is 4.17. The van der Waals surface area contributed by atoms with Crippen LogP contribution in [0.4, 0.5) is 5.69 Å². The Labute approximate surface area is 98.9 Å². The average molecular weight is 244 g/mol. The number of nitrogens with zero attached hydrogens (tertiary/aromatic N) is 1. The Hall–Kier alpha value is -0.860. The van der Waals surface area contributed by atoms with Gasteiger partial charge < -0.3 is 0 Å². The van der Waals surface area contributed by atoms with Crippen molar-refractivity contribution in [3.8, 4) is 0 Å². The molecule has 1 rings (SSSR count). The summed E-state index contributed by atoms with van der Waals surface area (Å²) in [5, 5.41) is 1.06. The van der Waals surface area contributed by atoms with Gasteiger partial charge >= 0.3 is 0 Å². The van der Waals surface area contributed by atoms with Gasteiger partial charge in [0.25, 0.3) is 0 Å². The summed E-state index contributed by atoms with van der Waals surface area (Å²) in [5.41, 5.74) is 1.38. The van der Waals surface area contributed by atoms with Crippen molar-refractivity contribution in [2.24, 2.45) is 4.99 Å². The van der Waals surface area contributed by atoms with E-state index >= 15 is 0 Å². The van der Waals surface area contributed by atoms with Gasteiger partial charge in [-0.3, -0.25) is 9.79 Å². The molecule has 0 saturated heterocycles. The summed E-state index contributed by atoms with van der Waals surface area (Å²) in [4.78, 5) is 15.1. The predicted molar refractivity (Wildman–Crippen MR) is 64.5 cm³/mol. The number of aliphatic imine (C=N–C) groups is 1. The summed E-state index contributed by atoms with van der Waals surface area (Å²) in [6.07, 6.45) is 0.346. The van der Waals surface area contributed by atoms with Crippen LogP contribution in [0.15, 0.2) is 23.2 Å². The number of rotatable bonds is 3. The molecule has 80 valence electrons. The zero-order valence-corrected chi connectivity index (χ0v) is 10.1. The minimum atomic E-state index is 0.0846. The Morgan fingerprint density at radius 3 is 2.53 bits per heavy atom. The van der Waals surface area contributed by atoms with E-state index in [2.05, 4.69) is 4.99 Å². The van der Waals surface area contributed by atoms with Crippen LogP contribution in [0.1, 0.15) is 20.3 Å². The van der Waals surface area contributed by atoms with Crippen molar-refractivity contribution in [1.29, 1.82) is 0 Å². The molecule has 0 atom stereocenters. The molecule has 0 radical (unpaired) electrons. The number of hydrogen-bond acceptors (Lipinski definition) is 2. The van der Waals surface area contributed by atoms with Crippen LogP contribution in [0.3, 0.4) is 0 Å². The first-order valence-electron chi connectivity index (χ1n) is 4.47. The van der Waals surface area contributed by atoms with E-state index in [1.807, 2.05) is 0 Å². The third kappa shape index (κ3) is 4.02. The van der Waals surface area contributed by atoms with Crippen molar-refractivity contribution in [3.05, 3.63) is 28.2 Å². The van der Waals surface area contributed by atoms with E-state index in [4.69, 9.17) is 23.2 Å². The molecule has 0 unspecified atom stereocenters. The number of Topliss-reactive ketones (excluding diaryl/α,β-unsaturated/α-hetero) is 1. The molecule has 1 aromatic carbocycles. The number of ketones is 1. The molecule has 0 aliphatic heterocycles. The van der Waals surface area contributed by atoms with Crippen LogP contribution >= 0.6 is 23.2 Å². The SMILES string of the molecule is CC(=O)CC(C)=Nc1ccc(Cl)cc1Cl. The van der Waals surface area contributed by atoms with Gasteiger partial charge in [-0.15, -0.1) is 0 Å². The van der Waals surface area contributed by atoms with Gasteiger partial charge in [0.1, 0.15) is 5.78 Å². The fraction of sp³-hybridized carbons (Fsp3) is 0.273. The van der Waals surface area contributed by atoms with Crippen molar-refractivity contribution < 1.29 is 4.79 Å². The summed E-state index contributed by atoms with van der Waals surface area (Å²) in [6, 6.07) is 5.07. The smallest absolute Gasteiger partial charge is 0.135 e. The standard InChI is InChI=1S/C11H11Cl2NO/c1-7(5-8(2)15)14-11-4-3-9(12)6-10(11)13/h3-4,6H,5H2,1-2H3. The van der Waals surface area contributed by atoms with Crippen molar-refractivity contribution in [3.63, 3.8) is 0 Å². The quantitative estimate of drug-likeness (QED) is 0.737. The maximum Gasteiger partial charge on any atom is 0.135 e. The lowest BCUT2D eigenvalue weighted by Gasteiger charge is -2.01. The van der Waals surface area contributed by atoms with E-state index in [-0.39, 0.29) is 5.78 Å². The maximum atomic E-state index is 10.8. The number of halogens is 2. The molecule has 0 fully saturated rings. The van der Waals surface area contributed by atoms with Gasteiger partial charge in [0, 0.05) is 17.2 Å². The monoisotopic (exact) mass is 243 g/mol.